The summed E-state index contributed by atoms with van der Waals surface area (Å²) in [5.74, 6) is 0.668. The number of para-hydroxylation sites is 1. The summed E-state index contributed by atoms with van der Waals surface area (Å²) in [5.41, 5.74) is 0.985. The number of benzene rings is 1. The lowest BCUT2D eigenvalue weighted by molar-refractivity contribution is -0.120. The smallest absolute Gasteiger partial charge is 0.229 e. The molecule has 1 amide bonds. The van der Waals surface area contributed by atoms with Gasteiger partial charge in [0.2, 0.25) is 5.91 Å². The maximum absolute atomic E-state index is 12.5. The Hall–Kier alpha value is -1.00. The molecule has 0 aromatic heterocycles. The number of amides is 1. The molecule has 21 heavy (non-hydrogen) atoms. The Morgan fingerprint density at radius 1 is 1.24 bits per heavy atom. The minimum atomic E-state index is 0.0922. The molecule has 3 nitrogen and oxygen atoms in total. The first-order valence-corrected chi connectivity index (χ1v) is 8.89. The molecule has 2 N–H and O–H groups in total. The Bertz CT molecular complexity index is 499. The van der Waals surface area contributed by atoms with E-state index in [1.54, 1.807) is 0 Å². The quantitative estimate of drug-likeness (QED) is 0.894. The third-order valence-corrected chi connectivity index (χ3v) is 6.01. The van der Waals surface area contributed by atoms with Crippen LogP contribution in [-0.2, 0) is 4.79 Å². The van der Waals surface area contributed by atoms with Crippen molar-refractivity contribution in [2.45, 2.75) is 42.8 Å². The second-order valence-corrected chi connectivity index (χ2v) is 7.59. The molecule has 0 unspecified atom stereocenters. The molecule has 114 valence electrons. The molecule has 1 aliphatic heterocycles. The summed E-state index contributed by atoms with van der Waals surface area (Å²) in [6, 6.07) is 8.23. The molecule has 3 rings (SSSR count). The lowest BCUT2D eigenvalue weighted by Gasteiger charge is -2.17. The highest BCUT2D eigenvalue weighted by molar-refractivity contribution is 8.00. The van der Waals surface area contributed by atoms with Crippen LogP contribution < -0.4 is 10.6 Å². The Morgan fingerprint density at radius 2 is 2.00 bits per heavy atom. The van der Waals surface area contributed by atoms with Gasteiger partial charge < -0.3 is 10.6 Å². The normalized spacial score (nSPS) is 26.1. The summed E-state index contributed by atoms with van der Waals surface area (Å²) in [7, 11) is 0. The van der Waals surface area contributed by atoms with E-state index >= 15 is 0 Å². The number of rotatable bonds is 4. The molecular formula is C17H24N2OS. The predicted molar refractivity (Wildman–Crippen MR) is 88.7 cm³/mol. The maximum atomic E-state index is 12.5. The van der Waals surface area contributed by atoms with Gasteiger partial charge in [-0.1, -0.05) is 31.9 Å². The first-order chi connectivity index (χ1) is 10.2. The summed E-state index contributed by atoms with van der Waals surface area (Å²) in [6.07, 6.45) is 5.29. The third-order valence-electron chi connectivity index (χ3n) is 4.59. The molecule has 2 aliphatic rings. The van der Waals surface area contributed by atoms with Gasteiger partial charge in [0, 0.05) is 16.7 Å². The molecule has 1 aliphatic carbocycles. The molecule has 1 aromatic carbocycles. The number of carbonyl (C=O) groups is 1. The van der Waals surface area contributed by atoms with Crippen molar-refractivity contribution >= 4 is 23.4 Å². The Kier molecular flexibility index (Phi) is 4.86. The lowest BCUT2D eigenvalue weighted by Crippen LogP contribution is -2.28. The number of nitrogens with one attached hydrogen (secondary N) is 2. The van der Waals surface area contributed by atoms with E-state index in [2.05, 4.69) is 29.7 Å². The van der Waals surface area contributed by atoms with E-state index in [-0.39, 0.29) is 11.8 Å². The Morgan fingerprint density at radius 3 is 2.71 bits per heavy atom. The van der Waals surface area contributed by atoms with E-state index in [0.717, 1.165) is 24.0 Å². The van der Waals surface area contributed by atoms with Gasteiger partial charge in [-0.05, 0) is 37.4 Å². The molecule has 2 atom stereocenters. The second kappa shape index (κ2) is 6.84. The van der Waals surface area contributed by atoms with Crippen molar-refractivity contribution in [1.82, 2.24) is 5.32 Å². The molecule has 2 fully saturated rings. The summed E-state index contributed by atoms with van der Waals surface area (Å²) in [6.45, 7) is 3.88. The number of hydrogen-bond donors (Lipinski definition) is 2. The van der Waals surface area contributed by atoms with Crippen LogP contribution in [0.5, 0.6) is 0 Å². The van der Waals surface area contributed by atoms with Crippen LogP contribution in [0, 0.1) is 11.8 Å². The zero-order chi connectivity index (χ0) is 14.7. The maximum Gasteiger partial charge on any atom is 0.229 e. The van der Waals surface area contributed by atoms with Crippen molar-refractivity contribution < 1.29 is 4.79 Å². The number of carbonyl (C=O) groups excluding carboxylic acids is 1. The average molecular weight is 304 g/mol. The zero-order valence-electron chi connectivity index (χ0n) is 12.6. The zero-order valence-corrected chi connectivity index (χ0v) is 13.4. The van der Waals surface area contributed by atoms with E-state index in [0.29, 0.717) is 5.92 Å². The van der Waals surface area contributed by atoms with E-state index in [1.807, 2.05) is 23.9 Å². The van der Waals surface area contributed by atoms with Gasteiger partial charge in [0.25, 0.3) is 0 Å². The van der Waals surface area contributed by atoms with Gasteiger partial charge in [0.05, 0.1) is 11.6 Å². The average Bonchev–Trinajstić information content (AvgIpc) is 3.12. The van der Waals surface area contributed by atoms with Crippen molar-refractivity contribution in [3.63, 3.8) is 0 Å². The van der Waals surface area contributed by atoms with E-state index in [1.165, 1.54) is 30.6 Å². The second-order valence-electron chi connectivity index (χ2n) is 6.25. The van der Waals surface area contributed by atoms with E-state index in [9.17, 15) is 4.79 Å². The van der Waals surface area contributed by atoms with Crippen molar-refractivity contribution in [2.24, 2.45) is 11.8 Å². The Labute approximate surface area is 131 Å². The fourth-order valence-electron chi connectivity index (χ4n) is 3.24. The Balaban J connectivity index is 1.68. The highest BCUT2D eigenvalue weighted by atomic mass is 32.2. The van der Waals surface area contributed by atoms with Gasteiger partial charge in [0.1, 0.15) is 0 Å². The van der Waals surface area contributed by atoms with Gasteiger partial charge in [-0.15, -0.1) is 11.8 Å². The van der Waals surface area contributed by atoms with Crippen LogP contribution >= 0.6 is 11.8 Å². The van der Waals surface area contributed by atoms with E-state index < -0.39 is 0 Å². The minimum Gasteiger partial charge on any atom is -0.325 e. The van der Waals surface area contributed by atoms with E-state index in [4.69, 9.17) is 0 Å². The van der Waals surface area contributed by atoms with Gasteiger partial charge in [0.15, 0.2) is 0 Å². The van der Waals surface area contributed by atoms with Crippen LogP contribution in [0.25, 0.3) is 0 Å². The van der Waals surface area contributed by atoms with Gasteiger partial charge >= 0.3 is 0 Å². The van der Waals surface area contributed by atoms with Crippen molar-refractivity contribution in [1.29, 1.82) is 0 Å². The molecule has 1 aromatic rings. The van der Waals surface area contributed by atoms with Crippen LogP contribution in [0.1, 0.15) is 32.6 Å². The van der Waals surface area contributed by atoms with Crippen LogP contribution in [-0.4, -0.2) is 24.2 Å². The molecule has 1 heterocycles. The van der Waals surface area contributed by atoms with Gasteiger partial charge in [-0.3, -0.25) is 4.79 Å². The lowest BCUT2D eigenvalue weighted by atomic mass is 9.97. The number of anilines is 1. The van der Waals surface area contributed by atoms with Gasteiger partial charge in [-0.2, -0.15) is 0 Å². The van der Waals surface area contributed by atoms with Gasteiger partial charge in [-0.25, -0.2) is 0 Å². The summed E-state index contributed by atoms with van der Waals surface area (Å²) >= 11 is 1.93. The first-order valence-electron chi connectivity index (χ1n) is 8.01. The van der Waals surface area contributed by atoms with Crippen molar-refractivity contribution in [3.05, 3.63) is 24.3 Å². The fourth-order valence-corrected chi connectivity index (χ4v) is 4.58. The van der Waals surface area contributed by atoms with Crippen LogP contribution in [0.2, 0.25) is 0 Å². The van der Waals surface area contributed by atoms with Crippen molar-refractivity contribution in [3.8, 4) is 0 Å². The number of hydrogen-bond acceptors (Lipinski definition) is 3. The topological polar surface area (TPSA) is 41.1 Å². The molecule has 0 spiro atoms. The molecule has 0 radical (unpaired) electrons. The largest absolute Gasteiger partial charge is 0.325 e. The van der Waals surface area contributed by atoms with Crippen LogP contribution in [0.15, 0.2) is 29.2 Å². The summed E-state index contributed by atoms with van der Waals surface area (Å²) < 4.78 is 0. The molecule has 4 heteroatoms. The summed E-state index contributed by atoms with van der Waals surface area (Å²) in [4.78, 5) is 13.7. The monoisotopic (exact) mass is 304 g/mol. The van der Waals surface area contributed by atoms with Crippen LogP contribution in [0.4, 0.5) is 5.69 Å². The fraction of sp³-hybridized carbons (Fsp3) is 0.588. The predicted octanol–water partition coefficient (Wildman–Crippen LogP) is 3.52. The van der Waals surface area contributed by atoms with Crippen LogP contribution in [0.3, 0.4) is 0 Å². The number of thioether (sulfide) groups is 1. The highest BCUT2D eigenvalue weighted by Gasteiger charge is 2.30. The standard InChI is InChI=1S/C17H24N2OS/c1-12-10-18-11-14(12)17(20)19-15-8-4-5-9-16(15)21-13-6-2-3-7-13/h4-5,8-9,12-14,18H,2-3,6-7,10-11H2,1H3,(H,19,20)/t12-,14-/m1/s1. The molecular weight excluding hydrogens is 280 g/mol. The summed E-state index contributed by atoms with van der Waals surface area (Å²) in [5, 5.41) is 7.17. The third kappa shape index (κ3) is 3.61. The SMILES string of the molecule is C[C@@H]1CNC[C@H]1C(=O)Nc1ccccc1SC1CCCC1. The molecule has 1 saturated carbocycles. The molecule has 1 saturated heterocycles. The highest BCUT2D eigenvalue weighted by Crippen LogP contribution is 2.38. The first kappa shape index (κ1) is 14.9. The molecule has 0 bridgehead atoms. The van der Waals surface area contributed by atoms with Crippen molar-refractivity contribution in [2.75, 3.05) is 18.4 Å². The minimum absolute atomic E-state index is 0.0922.